The molecule has 0 aliphatic heterocycles. The predicted octanol–water partition coefficient (Wildman–Crippen LogP) is 7.83. The Hall–Kier alpha value is -1.63. The number of hydrogen-bond donors (Lipinski definition) is 1. The fourth-order valence-electron chi connectivity index (χ4n) is 2.35. The number of aryl methyl sites for hydroxylation is 1. The van der Waals surface area contributed by atoms with Crippen LogP contribution >= 0.6 is 58.0 Å². The highest BCUT2D eigenvalue weighted by Gasteiger charge is 2.21. The van der Waals surface area contributed by atoms with Gasteiger partial charge in [-0.25, -0.2) is 4.39 Å². The molecule has 0 atom stereocenters. The van der Waals surface area contributed by atoms with Gasteiger partial charge in [-0.05, 0) is 36.8 Å². The van der Waals surface area contributed by atoms with Crippen LogP contribution in [-0.2, 0) is 6.61 Å². The smallest absolute Gasteiger partial charge is 0.291 e. The lowest BCUT2D eigenvalue weighted by Crippen LogP contribution is -2.12. The lowest BCUT2D eigenvalue weighted by atomic mass is 10.2. The van der Waals surface area contributed by atoms with Crippen LogP contribution in [0.5, 0.6) is 5.75 Å². The van der Waals surface area contributed by atoms with Crippen molar-refractivity contribution in [3.63, 3.8) is 0 Å². The van der Waals surface area contributed by atoms with Gasteiger partial charge in [0.05, 0.1) is 20.8 Å². The van der Waals surface area contributed by atoms with Crippen molar-refractivity contribution < 1.29 is 18.3 Å². The molecule has 2 aromatic carbocycles. The number of hydrogen-bond acceptors (Lipinski definition) is 3. The van der Waals surface area contributed by atoms with Crippen LogP contribution in [0.25, 0.3) is 0 Å². The van der Waals surface area contributed by atoms with Gasteiger partial charge in [0, 0.05) is 0 Å². The van der Waals surface area contributed by atoms with E-state index in [4.69, 9.17) is 67.2 Å². The first-order valence-electron chi connectivity index (χ1n) is 7.99. The van der Waals surface area contributed by atoms with Crippen molar-refractivity contribution in [2.45, 2.75) is 13.5 Å². The second-order valence-corrected chi connectivity index (χ2v) is 7.78. The van der Waals surface area contributed by atoms with Crippen molar-refractivity contribution in [2.24, 2.45) is 0 Å². The molecule has 0 saturated heterocycles. The summed E-state index contributed by atoms with van der Waals surface area (Å²) in [5.41, 5.74) is 0.845. The molecule has 0 radical (unpaired) electrons. The number of halogens is 6. The molecule has 1 aromatic heterocycles. The van der Waals surface area contributed by atoms with E-state index in [-0.39, 0.29) is 54.7 Å². The molecule has 4 nitrogen and oxygen atoms in total. The maximum Gasteiger partial charge on any atom is 0.291 e. The zero-order valence-electron chi connectivity index (χ0n) is 14.6. The molecule has 0 aliphatic carbocycles. The molecule has 0 spiro atoms. The van der Waals surface area contributed by atoms with E-state index in [1.165, 1.54) is 24.3 Å². The van der Waals surface area contributed by atoms with Crippen LogP contribution < -0.4 is 10.1 Å². The molecule has 1 amide bonds. The topological polar surface area (TPSA) is 51.5 Å². The fourth-order valence-corrected chi connectivity index (χ4v) is 3.58. The van der Waals surface area contributed by atoms with Crippen LogP contribution in [0.15, 0.2) is 34.7 Å². The monoisotopic (exact) mass is 495 g/mol. The molecule has 152 valence electrons. The minimum atomic E-state index is -0.616. The highest BCUT2D eigenvalue weighted by molar-refractivity contribution is 6.55. The number of rotatable bonds is 5. The minimum Gasteiger partial charge on any atom is -0.482 e. The summed E-state index contributed by atoms with van der Waals surface area (Å²) in [7, 11) is 0. The largest absolute Gasteiger partial charge is 0.482 e. The van der Waals surface area contributed by atoms with Gasteiger partial charge in [0.15, 0.2) is 11.5 Å². The van der Waals surface area contributed by atoms with Crippen LogP contribution in [-0.4, -0.2) is 5.91 Å². The fraction of sp³-hybridized carbons (Fsp3) is 0.105. The van der Waals surface area contributed by atoms with Crippen molar-refractivity contribution in [3.05, 3.63) is 78.3 Å². The van der Waals surface area contributed by atoms with Crippen LogP contribution in [0.2, 0.25) is 25.1 Å². The summed E-state index contributed by atoms with van der Waals surface area (Å²) in [6, 6.07) is 7.31. The van der Waals surface area contributed by atoms with E-state index in [1.807, 2.05) is 0 Å². The van der Waals surface area contributed by atoms with E-state index in [2.05, 4.69) is 5.32 Å². The highest BCUT2D eigenvalue weighted by atomic mass is 35.5. The molecular weight excluding hydrogens is 486 g/mol. The van der Waals surface area contributed by atoms with Gasteiger partial charge < -0.3 is 14.5 Å². The number of carbonyl (C=O) groups excluding carboxylic acids is 1. The highest BCUT2D eigenvalue weighted by Crippen LogP contribution is 2.48. The normalized spacial score (nSPS) is 10.9. The zero-order chi connectivity index (χ0) is 21.3. The number of anilines is 1. The average Bonchev–Trinajstić information content (AvgIpc) is 3.17. The average molecular weight is 498 g/mol. The molecular formula is C19H11Cl5FNO3. The van der Waals surface area contributed by atoms with Gasteiger partial charge in [-0.3, -0.25) is 4.79 Å². The Morgan fingerprint density at radius 2 is 1.62 bits per heavy atom. The van der Waals surface area contributed by atoms with Gasteiger partial charge in [-0.15, -0.1) is 0 Å². The van der Waals surface area contributed by atoms with Crippen LogP contribution in [0.1, 0.15) is 21.9 Å². The first-order chi connectivity index (χ1) is 13.7. The number of nitrogens with one attached hydrogen (secondary N) is 1. The molecule has 3 aromatic rings. The molecule has 10 heteroatoms. The van der Waals surface area contributed by atoms with Gasteiger partial charge >= 0.3 is 0 Å². The summed E-state index contributed by atoms with van der Waals surface area (Å²) in [4.78, 5) is 12.3. The van der Waals surface area contributed by atoms with E-state index in [0.29, 0.717) is 0 Å². The standard InChI is InChI=1S/C19H11Cl5FNO3/c1-8-2-4-10(25)11(6-8)26-19(27)12-5-3-9(29-12)7-28-18-16(23)14(21)13(20)15(22)17(18)24/h2-6H,7H2,1H3,(H,26,27). The van der Waals surface area contributed by atoms with Gasteiger partial charge in [-0.2, -0.15) is 0 Å². The molecule has 1 N–H and O–H groups in total. The third-order valence-corrected chi connectivity index (χ3v) is 6.03. The number of carbonyl (C=O) groups is 1. The Morgan fingerprint density at radius 1 is 1.00 bits per heavy atom. The summed E-state index contributed by atoms with van der Waals surface area (Å²) in [6.07, 6.45) is 0. The Kier molecular flexibility index (Phi) is 6.87. The third-order valence-electron chi connectivity index (χ3n) is 3.78. The quantitative estimate of drug-likeness (QED) is 0.289. The predicted molar refractivity (Wildman–Crippen MR) is 114 cm³/mol. The SMILES string of the molecule is Cc1ccc(F)c(NC(=O)c2ccc(COc3c(Cl)c(Cl)c(Cl)c(Cl)c3Cl)o2)c1. The number of amides is 1. The van der Waals surface area contributed by atoms with E-state index in [0.717, 1.165) is 5.56 Å². The van der Waals surface area contributed by atoms with E-state index in [1.54, 1.807) is 13.0 Å². The van der Waals surface area contributed by atoms with Gasteiger partial charge in [-0.1, -0.05) is 64.1 Å². The Morgan fingerprint density at radius 3 is 2.28 bits per heavy atom. The molecule has 29 heavy (non-hydrogen) atoms. The zero-order valence-corrected chi connectivity index (χ0v) is 18.4. The summed E-state index contributed by atoms with van der Waals surface area (Å²) in [6.45, 7) is 1.66. The molecule has 0 bridgehead atoms. The first-order valence-corrected chi connectivity index (χ1v) is 9.88. The lowest BCUT2D eigenvalue weighted by molar-refractivity contribution is 0.0992. The molecule has 3 rings (SSSR count). The first kappa shape index (κ1) is 22.1. The summed E-state index contributed by atoms with van der Waals surface area (Å²) >= 11 is 30.1. The Balaban J connectivity index is 1.73. The Labute approximate surface area is 190 Å². The number of ether oxygens (including phenoxy) is 1. The van der Waals surface area contributed by atoms with Crippen molar-refractivity contribution >= 4 is 69.6 Å². The van der Waals surface area contributed by atoms with Crippen LogP contribution in [0, 0.1) is 12.7 Å². The van der Waals surface area contributed by atoms with Crippen molar-refractivity contribution in [1.29, 1.82) is 0 Å². The minimum absolute atomic E-state index is 0.00238. The third kappa shape index (κ3) is 4.76. The molecule has 0 unspecified atom stereocenters. The lowest BCUT2D eigenvalue weighted by Gasteiger charge is -2.12. The maximum atomic E-state index is 13.8. The van der Waals surface area contributed by atoms with Gasteiger partial charge in [0.25, 0.3) is 5.91 Å². The van der Waals surface area contributed by atoms with E-state index in [9.17, 15) is 9.18 Å². The Bertz CT molecular complexity index is 1070. The maximum absolute atomic E-state index is 13.8. The van der Waals surface area contributed by atoms with E-state index >= 15 is 0 Å². The number of furan rings is 1. The van der Waals surface area contributed by atoms with E-state index < -0.39 is 11.7 Å². The summed E-state index contributed by atoms with van der Waals surface area (Å²) in [5, 5.41) is 2.44. The van der Waals surface area contributed by atoms with Crippen molar-refractivity contribution in [3.8, 4) is 5.75 Å². The second kappa shape index (κ2) is 9.02. The summed E-state index contributed by atoms with van der Waals surface area (Å²) in [5.74, 6) is -0.894. The van der Waals surface area contributed by atoms with Crippen molar-refractivity contribution in [2.75, 3.05) is 5.32 Å². The van der Waals surface area contributed by atoms with Crippen LogP contribution in [0.3, 0.4) is 0 Å². The number of benzene rings is 2. The van der Waals surface area contributed by atoms with Gasteiger partial charge in [0.2, 0.25) is 0 Å². The van der Waals surface area contributed by atoms with Crippen LogP contribution in [0.4, 0.5) is 10.1 Å². The molecule has 1 heterocycles. The molecule has 0 fully saturated rings. The summed E-state index contributed by atoms with van der Waals surface area (Å²) < 4.78 is 24.8. The molecule has 0 aliphatic rings. The second-order valence-electron chi connectivity index (χ2n) is 5.89. The van der Waals surface area contributed by atoms with Gasteiger partial charge in [0.1, 0.15) is 28.2 Å². The molecule has 0 saturated carbocycles. The van der Waals surface area contributed by atoms with Crippen molar-refractivity contribution in [1.82, 2.24) is 0 Å².